The summed E-state index contributed by atoms with van der Waals surface area (Å²) in [4.78, 5) is 3.48. The van der Waals surface area contributed by atoms with Gasteiger partial charge in [-0.1, -0.05) is 0 Å². The van der Waals surface area contributed by atoms with Crippen LogP contribution >= 0.6 is 0 Å². The first kappa shape index (κ1) is 6.36. The van der Waals surface area contributed by atoms with Gasteiger partial charge in [0.15, 0.2) is 11.5 Å². The Hall–Kier alpha value is -1.76. The Bertz CT molecular complexity index is 290. The summed E-state index contributed by atoms with van der Waals surface area (Å²) in [6, 6.07) is 1.66. The summed E-state index contributed by atoms with van der Waals surface area (Å²) in [5.41, 5.74) is -0.0278. The number of hydrogen-bond donors (Lipinski definition) is 2. The van der Waals surface area contributed by atoms with Crippen LogP contribution in [0.3, 0.4) is 0 Å². The van der Waals surface area contributed by atoms with Crippen LogP contribution in [-0.2, 0) is 0 Å². The predicted octanol–water partition coefficient (Wildman–Crippen LogP) is 0.364. The number of hydrogen-bond acceptors (Lipinski definition) is 4. The molecule has 1 rings (SSSR count). The van der Waals surface area contributed by atoms with Crippen molar-refractivity contribution < 1.29 is 10.2 Å². The molecule has 1 aromatic heterocycles. The summed E-state index contributed by atoms with van der Waals surface area (Å²) >= 11 is 0. The quantitative estimate of drug-likeness (QED) is 0.540. The van der Waals surface area contributed by atoms with Crippen molar-refractivity contribution in [3.63, 3.8) is 0 Å². The van der Waals surface area contributed by atoms with Crippen molar-refractivity contribution in [2.45, 2.75) is 0 Å². The third-order valence-corrected chi connectivity index (χ3v) is 1.02. The minimum atomic E-state index is -0.419. The van der Waals surface area contributed by atoms with Crippen LogP contribution in [-0.4, -0.2) is 15.2 Å². The maximum absolute atomic E-state index is 8.89. The highest BCUT2D eigenvalue weighted by Crippen LogP contribution is 2.25. The highest BCUT2D eigenvalue weighted by molar-refractivity contribution is 5.47. The van der Waals surface area contributed by atoms with Crippen LogP contribution in [0, 0.1) is 11.3 Å². The largest absolute Gasteiger partial charge is 0.503 e. The van der Waals surface area contributed by atoms with Crippen molar-refractivity contribution in [2.75, 3.05) is 0 Å². The lowest BCUT2D eigenvalue weighted by Gasteiger charge is -1.95. The minimum absolute atomic E-state index is 0.0278. The van der Waals surface area contributed by atoms with E-state index in [9.17, 15) is 0 Å². The molecule has 0 radical (unpaired) electrons. The maximum atomic E-state index is 8.89. The highest BCUT2D eigenvalue weighted by Gasteiger charge is 2.03. The number of rotatable bonds is 0. The zero-order valence-corrected chi connectivity index (χ0v) is 4.94. The molecular formula is C6H4N2O2. The van der Waals surface area contributed by atoms with Crippen molar-refractivity contribution in [3.05, 3.63) is 18.0 Å². The fourth-order valence-corrected chi connectivity index (χ4v) is 0.524. The van der Waals surface area contributed by atoms with E-state index in [0.29, 0.717) is 0 Å². The lowest BCUT2D eigenvalue weighted by atomic mass is 10.3. The summed E-state index contributed by atoms with van der Waals surface area (Å²) in [7, 11) is 0. The van der Waals surface area contributed by atoms with Crippen LogP contribution in [0.15, 0.2) is 12.4 Å². The number of pyridine rings is 1. The Morgan fingerprint density at radius 3 is 2.60 bits per heavy atom. The van der Waals surface area contributed by atoms with Crippen molar-refractivity contribution >= 4 is 0 Å². The summed E-state index contributed by atoms with van der Waals surface area (Å²) in [5, 5.41) is 25.9. The summed E-state index contributed by atoms with van der Waals surface area (Å²) in [6.45, 7) is 0. The van der Waals surface area contributed by atoms with E-state index in [-0.39, 0.29) is 11.3 Å². The van der Waals surface area contributed by atoms with Crippen LogP contribution in [0.4, 0.5) is 0 Å². The second-order valence-corrected chi connectivity index (χ2v) is 1.67. The average molecular weight is 136 g/mol. The first-order chi connectivity index (χ1) is 4.75. The Morgan fingerprint density at radius 1 is 1.40 bits per heavy atom. The molecular weight excluding hydrogens is 132 g/mol. The molecule has 0 aliphatic carbocycles. The van der Waals surface area contributed by atoms with Gasteiger partial charge in [0.25, 0.3) is 0 Å². The summed E-state index contributed by atoms with van der Waals surface area (Å²) in [6.07, 6.45) is 2.24. The first-order valence-corrected chi connectivity index (χ1v) is 2.51. The van der Waals surface area contributed by atoms with Gasteiger partial charge in [-0.2, -0.15) is 5.26 Å². The third kappa shape index (κ3) is 0.845. The SMILES string of the molecule is N#Cc1cncc(O)c1O. The molecule has 0 aliphatic rings. The van der Waals surface area contributed by atoms with Gasteiger partial charge in [0.2, 0.25) is 0 Å². The van der Waals surface area contributed by atoms with Gasteiger partial charge >= 0.3 is 0 Å². The van der Waals surface area contributed by atoms with E-state index in [4.69, 9.17) is 15.5 Å². The zero-order chi connectivity index (χ0) is 7.56. The van der Waals surface area contributed by atoms with Crippen LogP contribution in [0.2, 0.25) is 0 Å². The molecule has 0 aliphatic heterocycles. The predicted molar refractivity (Wildman–Crippen MR) is 32.3 cm³/mol. The van der Waals surface area contributed by atoms with Gasteiger partial charge in [0.1, 0.15) is 11.6 Å². The smallest absolute Gasteiger partial charge is 0.178 e. The van der Waals surface area contributed by atoms with Gasteiger partial charge in [-0.3, -0.25) is 4.98 Å². The Morgan fingerprint density at radius 2 is 2.10 bits per heavy atom. The van der Waals surface area contributed by atoms with Gasteiger partial charge < -0.3 is 10.2 Å². The first-order valence-electron chi connectivity index (χ1n) is 2.51. The molecule has 50 valence electrons. The van der Waals surface area contributed by atoms with E-state index in [1.807, 2.05) is 0 Å². The normalized spacial score (nSPS) is 8.70. The molecule has 0 bridgehead atoms. The van der Waals surface area contributed by atoms with E-state index in [1.54, 1.807) is 6.07 Å². The number of aromatic nitrogens is 1. The maximum Gasteiger partial charge on any atom is 0.178 e. The summed E-state index contributed by atoms with van der Waals surface area (Å²) in [5.74, 6) is -0.795. The van der Waals surface area contributed by atoms with E-state index in [1.165, 1.54) is 6.20 Å². The molecule has 0 saturated heterocycles. The van der Waals surface area contributed by atoms with Gasteiger partial charge in [-0.05, 0) is 0 Å². The molecule has 4 heteroatoms. The standard InChI is InChI=1S/C6H4N2O2/c7-1-4-2-8-3-5(9)6(4)10/h2-3,9H,(H,8,10). The Labute approximate surface area is 57.0 Å². The molecule has 0 atom stereocenters. The van der Waals surface area contributed by atoms with Crippen molar-refractivity contribution in [2.24, 2.45) is 0 Å². The van der Waals surface area contributed by atoms with Gasteiger partial charge in [0, 0.05) is 6.20 Å². The van der Waals surface area contributed by atoms with Crippen LogP contribution in [0.5, 0.6) is 11.5 Å². The van der Waals surface area contributed by atoms with Gasteiger partial charge in [-0.25, -0.2) is 0 Å². The second-order valence-electron chi connectivity index (χ2n) is 1.67. The fraction of sp³-hybridized carbons (Fsp3) is 0. The number of aromatic hydroxyl groups is 2. The van der Waals surface area contributed by atoms with Crippen LogP contribution in [0.1, 0.15) is 5.56 Å². The molecule has 0 amide bonds. The second kappa shape index (κ2) is 2.23. The van der Waals surface area contributed by atoms with Crippen molar-refractivity contribution in [1.29, 1.82) is 5.26 Å². The Kier molecular flexibility index (Phi) is 1.42. The van der Waals surface area contributed by atoms with E-state index in [0.717, 1.165) is 6.20 Å². The Balaban J connectivity index is 3.31. The van der Waals surface area contributed by atoms with E-state index >= 15 is 0 Å². The topological polar surface area (TPSA) is 77.1 Å². The van der Waals surface area contributed by atoms with Gasteiger partial charge in [0.05, 0.1) is 6.20 Å². The van der Waals surface area contributed by atoms with Gasteiger partial charge in [-0.15, -0.1) is 0 Å². The van der Waals surface area contributed by atoms with Crippen molar-refractivity contribution in [3.8, 4) is 17.6 Å². The molecule has 0 fully saturated rings. The molecule has 4 nitrogen and oxygen atoms in total. The summed E-state index contributed by atoms with van der Waals surface area (Å²) < 4.78 is 0. The van der Waals surface area contributed by atoms with Crippen LogP contribution < -0.4 is 0 Å². The van der Waals surface area contributed by atoms with E-state index < -0.39 is 5.75 Å². The molecule has 1 aromatic rings. The lowest BCUT2D eigenvalue weighted by Crippen LogP contribution is -1.78. The number of nitrogens with zero attached hydrogens (tertiary/aromatic N) is 2. The third-order valence-electron chi connectivity index (χ3n) is 1.02. The molecule has 0 unspecified atom stereocenters. The van der Waals surface area contributed by atoms with Crippen molar-refractivity contribution in [1.82, 2.24) is 4.98 Å². The molecule has 0 spiro atoms. The highest BCUT2D eigenvalue weighted by atomic mass is 16.3. The molecule has 10 heavy (non-hydrogen) atoms. The molecule has 0 saturated carbocycles. The lowest BCUT2D eigenvalue weighted by molar-refractivity contribution is 0.400. The average Bonchev–Trinajstić information content (AvgIpc) is 1.95. The monoisotopic (exact) mass is 136 g/mol. The fourth-order valence-electron chi connectivity index (χ4n) is 0.524. The minimum Gasteiger partial charge on any atom is -0.503 e. The molecule has 2 N–H and O–H groups in total. The number of nitriles is 1. The van der Waals surface area contributed by atoms with Crippen LogP contribution in [0.25, 0.3) is 0 Å². The molecule has 1 heterocycles. The molecule has 0 aromatic carbocycles. The van der Waals surface area contributed by atoms with E-state index in [2.05, 4.69) is 4.98 Å². The zero-order valence-electron chi connectivity index (χ0n) is 4.94.